The van der Waals surface area contributed by atoms with Gasteiger partial charge in [0.15, 0.2) is 0 Å². The predicted molar refractivity (Wildman–Crippen MR) is 78.6 cm³/mol. The molecule has 108 valence electrons. The smallest absolute Gasteiger partial charge is 0.242 e. The van der Waals surface area contributed by atoms with Crippen LogP contribution in [0, 0.1) is 0 Å². The van der Waals surface area contributed by atoms with E-state index in [-0.39, 0.29) is 6.04 Å². The molecule has 0 heterocycles. The molecule has 0 aliphatic carbocycles. The fraction of sp³-hybridized carbons (Fsp3) is 0.571. The molecule has 0 aromatic heterocycles. The molecule has 4 nitrogen and oxygen atoms in total. The van der Waals surface area contributed by atoms with Crippen molar-refractivity contribution in [2.24, 2.45) is 0 Å². The first-order valence-electron chi connectivity index (χ1n) is 6.70. The van der Waals surface area contributed by atoms with Gasteiger partial charge in [0.25, 0.3) is 0 Å². The van der Waals surface area contributed by atoms with Crippen molar-refractivity contribution in [1.29, 1.82) is 0 Å². The maximum Gasteiger partial charge on any atom is 0.242 e. The molecule has 0 amide bonds. The molecule has 1 aromatic rings. The third-order valence-electron chi connectivity index (χ3n) is 3.26. The number of sulfonamides is 1. The van der Waals surface area contributed by atoms with Gasteiger partial charge in [-0.2, -0.15) is 0 Å². The zero-order valence-corrected chi connectivity index (χ0v) is 13.0. The highest BCUT2D eigenvalue weighted by Gasteiger charge is 2.20. The molecule has 0 aliphatic rings. The van der Waals surface area contributed by atoms with E-state index in [1.807, 2.05) is 26.1 Å². The van der Waals surface area contributed by atoms with Gasteiger partial charge in [-0.05, 0) is 37.6 Å². The van der Waals surface area contributed by atoms with Gasteiger partial charge in [0, 0.05) is 19.6 Å². The van der Waals surface area contributed by atoms with Crippen LogP contribution in [0.2, 0.25) is 0 Å². The summed E-state index contributed by atoms with van der Waals surface area (Å²) >= 11 is 0. The summed E-state index contributed by atoms with van der Waals surface area (Å²) in [6.45, 7) is 4.58. The lowest BCUT2D eigenvalue weighted by atomic mass is 10.1. The van der Waals surface area contributed by atoms with Crippen molar-refractivity contribution >= 4 is 10.0 Å². The second-order valence-electron chi connectivity index (χ2n) is 4.65. The third-order valence-corrected chi connectivity index (χ3v) is 5.12. The number of rotatable bonds is 7. The SMILES string of the molecule is CCCN(C)S(=O)(=O)c1cccc(C(CC)NC)c1. The zero-order valence-electron chi connectivity index (χ0n) is 12.2. The van der Waals surface area contributed by atoms with Gasteiger partial charge >= 0.3 is 0 Å². The molecule has 19 heavy (non-hydrogen) atoms. The Morgan fingerprint density at radius 2 is 2.00 bits per heavy atom. The van der Waals surface area contributed by atoms with Crippen molar-refractivity contribution in [3.05, 3.63) is 29.8 Å². The summed E-state index contributed by atoms with van der Waals surface area (Å²) in [5, 5.41) is 3.19. The molecule has 1 aromatic carbocycles. The molecule has 1 atom stereocenters. The van der Waals surface area contributed by atoms with Crippen LogP contribution in [0.25, 0.3) is 0 Å². The molecular formula is C14H24N2O2S. The number of nitrogens with zero attached hydrogens (tertiary/aromatic N) is 1. The van der Waals surface area contributed by atoms with Crippen LogP contribution >= 0.6 is 0 Å². The summed E-state index contributed by atoms with van der Waals surface area (Å²) in [6.07, 6.45) is 1.73. The molecule has 1 rings (SSSR count). The second kappa shape index (κ2) is 7.03. The van der Waals surface area contributed by atoms with Gasteiger partial charge < -0.3 is 5.32 Å². The number of hydrogen-bond donors (Lipinski definition) is 1. The molecule has 0 saturated carbocycles. The summed E-state index contributed by atoms with van der Waals surface area (Å²) < 4.78 is 26.2. The van der Waals surface area contributed by atoms with E-state index in [0.717, 1.165) is 18.4 Å². The molecule has 0 bridgehead atoms. The molecule has 0 radical (unpaired) electrons. The highest BCUT2D eigenvalue weighted by atomic mass is 32.2. The van der Waals surface area contributed by atoms with Gasteiger partial charge in [-0.25, -0.2) is 12.7 Å². The van der Waals surface area contributed by atoms with Crippen LogP contribution in [-0.2, 0) is 10.0 Å². The Balaban J connectivity index is 3.11. The first kappa shape index (κ1) is 16.1. The van der Waals surface area contributed by atoms with Gasteiger partial charge in [0.1, 0.15) is 0 Å². The highest BCUT2D eigenvalue weighted by Crippen LogP contribution is 2.21. The molecule has 0 saturated heterocycles. The summed E-state index contributed by atoms with van der Waals surface area (Å²) in [7, 11) is 0.145. The Hall–Kier alpha value is -0.910. The quantitative estimate of drug-likeness (QED) is 0.836. The average Bonchev–Trinajstić information content (AvgIpc) is 2.41. The summed E-state index contributed by atoms with van der Waals surface area (Å²) in [5.74, 6) is 0. The minimum absolute atomic E-state index is 0.187. The number of nitrogens with one attached hydrogen (secondary N) is 1. The minimum atomic E-state index is -3.37. The monoisotopic (exact) mass is 284 g/mol. The number of hydrogen-bond acceptors (Lipinski definition) is 3. The second-order valence-corrected chi connectivity index (χ2v) is 6.69. The molecule has 0 fully saturated rings. The molecular weight excluding hydrogens is 260 g/mol. The molecule has 1 N–H and O–H groups in total. The Morgan fingerprint density at radius 1 is 1.32 bits per heavy atom. The van der Waals surface area contributed by atoms with Crippen LogP contribution in [0.15, 0.2) is 29.2 Å². The van der Waals surface area contributed by atoms with Crippen LogP contribution in [-0.4, -0.2) is 33.4 Å². The van der Waals surface area contributed by atoms with E-state index in [1.54, 1.807) is 19.2 Å². The van der Waals surface area contributed by atoms with Gasteiger partial charge in [-0.15, -0.1) is 0 Å². The lowest BCUT2D eigenvalue weighted by Gasteiger charge is -2.19. The lowest BCUT2D eigenvalue weighted by Crippen LogP contribution is -2.28. The van der Waals surface area contributed by atoms with Gasteiger partial charge in [-0.3, -0.25) is 0 Å². The maximum absolute atomic E-state index is 12.4. The molecule has 5 heteroatoms. The lowest BCUT2D eigenvalue weighted by molar-refractivity contribution is 0.468. The van der Waals surface area contributed by atoms with E-state index in [2.05, 4.69) is 12.2 Å². The van der Waals surface area contributed by atoms with E-state index in [9.17, 15) is 8.42 Å². The number of benzene rings is 1. The molecule has 1 unspecified atom stereocenters. The van der Waals surface area contributed by atoms with Crippen LogP contribution in [0.4, 0.5) is 0 Å². The Bertz CT molecular complexity index is 496. The largest absolute Gasteiger partial charge is 0.313 e. The van der Waals surface area contributed by atoms with Crippen LogP contribution in [0.1, 0.15) is 38.3 Å². The maximum atomic E-state index is 12.4. The fourth-order valence-corrected chi connectivity index (χ4v) is 3.43. The van der Waals surface area contributed by atoms with Crippen molar-refractivity contribution in [3.8, 4) is 0 Å². The third kappa shape index (κ3) is 3.78. The van der Waals surface area contributed by atoms with Crippen molar-refractivity contribution < 1.29 is 8.42 Å². The zero-order chi connectivity index (χ0) is 14.5. The summed E-state index contributed by atoms with van der Waals surface area (Å²) in [5.41, 5.74) is 1.01. The highest BCUT2D eigenvalue weighted by molar-refractivity contribution is 7.89. The standard InChI is InChI=1S/C14H24N2O2S/c1-5-10-16(4)19(17,18)13-9-7-8-12(11-13)14(6-2)15-3/h7-9,11,14-15H,5-6,10H2,1-4H3. The fourth-order valence-electron chi connectivity index (χ4n) is 2.11. The Labute approximate surface area is 116 Å². The summed E-state index contributed by atoms with van der Waals surface area (Å²) in [6, 6.07) is 7.39. The van der Waals surface area contributed by atoms with E-state index < -0.39 is 10.0 Å². The van der Waals surface area contributed by atoms with E-state index in [0.29, 0.717) is 11.4 Å². The first-order chi connectivity index (χ1) is 8.97. The van der Waals surface area contributed by atoms with Crippen molar-refractivity contribution in [2.45, 2.75) is 37.6 Å². The van der Waals surface area contributed by atoms with Gasteiger partial charge in [0.05, 0.1) is 4.90 Å². The van der Waals surface area contributed by atoms with Gasteiger partial charge in [0.2, 0.25) is 10.0 Å². The van der Waals surface area contributed by atoms with Gasteiger partial charge in [-0.1, -0.05) is 26.0 Å². The van der Waals surface area contributed by atoms with Crippen LogP contribution < -0.4 is 5.32 Å². The van der Waals surface area contributed by atoms with E-state index in [4.69, 9.17) is 0 Å². The Kier molecular flexibility index (Phi) is 5.97. The van der Waals surface area contributed by atoms with Crippen LogP contribution in [0.3, 0.4) is 0 Å². The Morgan fingerprint density at radius 3 is 2.53 bits per heavy atom. The van der Waals surface area contributed by atoms with Crippen LogP contribution in [0.5, 0.6) is 0 Å². The normalized spacial score (nSPS) is 13.7. The van der Waals surface area contributed by atoms with Crippen molar-refractivity contribution in [2.75, 3.05) is 20.6 Å². The average molecular weight is 284 g/mol. The summed E-state index contributed by atoms with van der Waals surface area (Å²) in [4.78, 5) is 0.370. The predicted octanol–water partition coefficient (Wildman–Crippen LogP) is 2.39. The molecule has 0 spiro atoms. The minimum Gasteiger partial charge on any atom is -0.313 e. The van der Waals surface area contributed by atoms with Crippen molar-refractivity contribution in [1.82, 2.24) is 9.62 Å². The van der Waals surface area contributed by atoms with Crippen molar-refractivity contribution in [3.63, 3.8) is 0 Å². The molecule has 0 aliphatic heterocycles. The first-order valence-corrected chi connectivity index (χ1v) is 8.14. The van der Waals surface area contributed by atoms with E-state index in [1.165, 1.54) is 4.31 Å². The van der Waals surface area contributed by atoms with E-state index >= 15 is 0 Å². The topological polar surface area (TPSA) is 49.4 Å².